The van der Waals surface area contributed by atoms with Gasteiger partial charge in [-0.15, -0.1) is 16.6 Å². The lowest BCUT2D eigenvalue weighted by molar-refractivity contribution is -0.116. The smallest absolute Gasteiger partial charge is 0.254 e. The minimum atomic E-state index is -0.349. The van der Waals surface area contributed by atoms with Crippen LogP contribution in [-0.2, 0) is 11.2 Å². The fourth-order valence-electron chi connectivity index (χ4n) is 2.62. The van der Waals surface area contributed by atoms with Gasteiger partial charge in [0, 0.05) is 18.4 Å². The second kappa shape index (κ2) is 9.33. The molecule has 7 heteroatoms. The van der Waals surface area contributed by atoms with E-state index in [1.165, 1.54) is 0 Å². The number of nitrogens with zero attached hydrogens (tertiary/aromatic N) is 2. The molecule has 2 aromatic carbocycles. The van der Waals surface area contributed by atoms with Crippen LogP contribution in [0.1, 0.15) is 28.2 Å². The number of carbonyl (C=O) groups is 2. The number of aromatic nitrogens is 2. The van der Waals surface area contributed by atoms with E-state index in [4.69, 9.17) is 10.8 Å². The molecule has 0 unspecified atom stereocenters. The average Bonchev–Trinajstić information content (AvgIpc) is 3.20. The molecule has 0 aliphatic heterocycles. The van der Waals surface area contributed by atoms with Crippen molar-refractivity contribution in [3.63, 3.8) is 0 Å². The van der Waals surface area contributed by atoms with Gasteiger partial charge in [-0.1, -0.05) is 35.7 Å². The van der Waals surface area contributed by atoms with Crippen LogP contribution < -0.4 is 10.6 Å². The van der Waals surface area contributed by atoms with Crippen molar-refractivity contribution >= 4 is 17.5 Å². The number of para-hydroxylation sites is 1. The molecule has 0 bridgehead atoms. The Balaban J connectivity index is 1.59. The van der Waals surface area contributed by atoms with E-state index in [2.05, 4.69) is 26.8 Å². The number of anilines is 1. The van der Waals surface area contributed by atoms with Gasteiger partial charge in [-0.2, -0.15) is 0 Å². The van der Waals surface area contributed by atoms with Crippen molar-refractivity contribution in [1.29, 1.82) is 0 Å². The quantitative estimate of drug-likeness (QED) is 0.607. The highest BCUT2D eigenvalue weighted by atomic mass is 16.4. The van der Waals surface area contributed by atoms with Gasteiger partial charge in [-0.05, 0) is 31.2 Å². The molecule has 3 aromatic rings. The van der Waals surface area contributed by atoms with E-state index in [0.29, 0.717) is 23.0 Å². The summed E-state index contributed by atoms with van der Waals surface area (Å²) in [5, 5.41) is 13.3. The Morgan fingerprint density at radius 2 is 1.86 bits per heavy atom. The summed E-state index contributed by atoms with van der Waals surface area (Å²) in [6.07, 6.45) is 5.58. The molecule has 0 spiro atoms. The summed E-state index contributed by atoms with van der Waals surface area (Å²) < 4.78 is 5.63. The van der Waals surface area contributed by atoms with Crippen molar-refractivity contribution < 1.29 is 14.0 Å². The topological polar surface area (TPSA) is 97.1 Å². The van der Waals surface area contributed by atoms with E-state index in [0.717, 1.165) is 11.1 Å². The van der Waals surface area contributed by atoms with Gasteiger partial charge in [0.15, 0.2) is 0 Å². The minimum Gasteiger partial charge on any atom is -0.421 e. The largest absolute Gasteiger partial charge is 0.421 e. The molecule has 2 N–H and O–H groups in total. The summed E-state index contributed by atoms with van der Waals surface area (Å²) in [5.74, 6) is 2.51. The Morgan fingerprint density at radius 1 is 1.10 bits per heavy atom. The predicted molar refractivity (Wildman–Crippen MR) is 109 cm³/mol. The molecule has 1 heterocycles. The monoisotopic (exact) mass is 388 g/mol. The molecule has 146 valence electrons. The Bertz CT molecular complexity index is 1050. The minimum absolute atomic E-state index is 0.113. The molecule has 0 radical (unpaired) electrons. The fourth-order valence-corrected chi connectivity index (χ4v) is 2.62. The number of benzene rings is 2. The molecule has 2 amide bonds. The molecule has 0 saturated heterocycles. The summed E-state index contributed by atoms with van der Waals surface area (Å²) in [4.78, 5) is 24.5. The zero-order valence-electron chi connectivity index (χ0n) is 15.9. The Kier molecular flexibility index (Phi) is 6.38. The van der Waals surface area contributed by atoms with Gasteiger partial charge in [0.2, 0.25) is 17.7 Å². The standard InChI is InChI=1S/C22H20N4O3/c1-3-14-23-21(28)17-6-4-5-7-18(17)24-19(27)12-13-20-25-26-22(29-20)16-10-8-15(2)9-11-16/h1,4-11H,12-14H2,2H3,(H,23,28)(H,24,27). The maximum atomic E-state index is 12.3. The van der Waals surface area contributed by atoms with Crippen molar-refractivity contribution in [3.8, 4) is 23.8 Å². The van der Waals surface area contributed by atoms with Gasteiger partial charge in [-0.25, -0.2) is 0 Å². The SMILES string of the molecule is C#CCNC(=O)c1ccccc1NC(=O)CCc1nnc(-c2ccc(C)cc2)o1. The Labute approximate surface area is 168 Å². The van der Waals surface area contributed by atoms with Crippen LogP contribution in [0.15, 0.2) is 52.9 Å². The maximum absolute atomic E-state index is 12.3. The average molecular weight is 388 g/mol. The van der Waals surface area contributed by atoms with Crippen LogP contribution in [0.5, 0.6) is 0 Å². The van der Waals surface area contributed by atoms with E-state index in [9.17, 15) is 9.59 Å². The number of amides is 2. The first-order chi connectivity index (χ1) is 14.1. The third-order valence-electron chi connectivity index (χ3n) is 4.13. The number of nitrogens with one attached hydrogen (secondary N) is 2. The molecule has 0 aliphatic carbocycles. The molecule has 29 heavy (non-hydrogen) atoms. The lowest BCUT2D eigenvalue weighted by atomic mass is 10.1. The number of terminal acetylenes is 1. The molecular formula is C22H20N4O3. The first-order valence-electron chi connectivity index (χ1n) is 9.07. The predicted octanol–water partition coefficient (Wildman–Crippen LogP) is 2.98. The second-order valence-corrected chi connectivity index (χ2v) is 6.35. The third kappa shape index (κ3) is 5.30. The summed E-state index contributed by atoms with van der Waals surface area (Å²) in [6, 6.07) is 14.5. The van der Waals surface area contributed by atoms with Crippen molar-refractivity contribution in [2.45, 2.75) is 19.8 Å². The van der Waals surface area contributed by atoms with E-state index < -0.39 is 0 Å². The first-order valence-corrected chi connectivity index (χ1v) is 9.07. The van der Waals surface area contributed by atoms with Gasteiger partial charge < -0.3 is 15.1 Å². The number of hydrogen-bond donors (Lipinski definition) is 2. The van der Waals surface area contributed by atoms with Gasteiger partial charge in [0.05, 0.1) is 17.8 Å². The molecule has 3 rings (SSSR count). The Morgan fingerprint density at radius 3 is 2.62 bits per heavy atom. The van der Waals surface area contributed by atoms with E-state index in [-0.39, 0.29) is 31.2 Å². The van der Waals surface area contributed by atoms with Crippen LogP contribution in [0.25, 0.3) is 11.5 Å². The molecule has 0 aliphatic rings. The van der Waals surface area contributed by atoms with Crippen molar-refractivity contribution in [2.75, 3.05) is 11.9 Å². The molecule has 0 saturated carbocycles. The molecule has 1 aromatic heterocycles. The normalized spacial score (nSPS) is 10.2. The first kappa shape index (κ1) is 19.8. The zero-order valence-corrected chi connectivity index (χ0v) is 15.9. The van der Waals surface area contributed by atoms with Crippen LogP contribution in [0, 0.1) is 19.3 Å². The van der Waals surface area contributed by atoms with Crippen LogP contribution in [0.4, 0.5) is 5.69 Å². The number of hydrogen-bond acceptors (Lipinski definition) is 5. The number of aryl methyl sites for hydroxylation is 2. The second-order valence-electron chi connectivity index (χ2n) is 6.35. The lowest BCUT2D eigenvalue weighted by Crippen LogP contribution is -2.25. The lowest BCUT2D eigenvalue weighted by Gasteiger charge is -2.10. The maximum Gasteiger partial charge on any atom is 0.254 e. The molecule has 7 nitrogen and oxygen atoms in total. The van der Waals surface area contributed by atoms with Gasteiger partial charge >= 0.3 is 0 Å². The van der Waals surface area contributed by atoms with Gasteiger partial charge in [0.25, 0.3) is 5.91 Å². The fraction of sp³-hybridized carbons (Fsp3) is 0.182. The van der Waals surface area contributed by atoms with Crippen molar-refractivity contribution in [3.05, 3.63) is 65.5 Å². The van der Waals surface area contributed by atoms with Crippen LogP contribution in [0.2, 0.25) is 0 Å². The van der Waals surface area contributed by atoms with Crippen LogP contribution >= 0.6 is 0 Å². The van der Waals surface area contributed by atoms with Crippen LogP contribution in [-0.4, -0.2) is 28.6 Å². The molecule has 0 fully saturated rings. The van der Waals surface area contributed by atoms with E-state index in [1.54, 1.807) is 24.3 Å². The summed E-state index contributed by atoms with van der Waals surface area (Å²) in [5.41, 5.74) is 2.72. The summed E-state index contributed by atoms with van der Waals surface area (Å²) in [7, 11) is 0. The molecule has 0 atom stereocenters. The van der Waals surface area contributed by atoms with Gasteiger partial charge in [-0.3, -0.25) is 9.59 Å². The van der Waals surface area contributed by atoms with Crippen molar-refractivity contribution in [1.82, 2.24) is 15.5 Å². The van der Waals surface area contributed by atoms with Crippen molar-refractivity contribution in [2.24, 2.45) is 0 Å². The highest BCUT2D eigenvalue weighted by Gasteiger charge is 2.14. The highest BCUT2D eigenvalue weighted by Crippen LogP contribution is 2.19. The summed E-state index contributed by atoms with van der Waals surface area (Å²) in [6.45, 7) is 2.11. The van der Waals surface area contributed by atoms with E-state index >= 15 is 0 Å². The van der Waals surface area contributed by atoms with Crippen LogP contribution in [0.3, 0.4) is 0 Å². The van der Waals surface area contributed by atoms with E-state index in [1.807, 2.05) is 31.2 Å². The highest BCUT2D eigenvalue weighted by molar-refractivity contribution is 6.03. The molecular weight excluding hydrogens is 368 g/mol. The number of carbonyl (C=O) groups excluding carboxylic acids is 2. The summed E-state index contributed by atoms with van der Waals surface area (Å²) >= 11 is 0. The third-order valence-corrected chi connectivity index (χ3v) is 4.13. The number of rotatable bonds is 7. The zero-order chi connectivity index (χ0) is 20.6. The Hall–Kier alpha value is -3.92. The van der Waals surface area contributed by atoms with Gasteiger partial charge in [0.1, 0.15) is 0 Å².